The molecule has 4 heterocycles. The Kier molecular flexibility index (Phi) is 6.82. The minimum absolute atomic E-state index is 0.701. The molecule has 0 fully saturated rings. The predicted molar refractivity (Wildman–Crippen MR) is 211 cm³/mol. The molecule has 4 nitrogen and oxygen atoms in total. The van der Waals surface area contributed by atoms with Crippen molar-refractivity contribution >= 4 is 63.3 Å². The number of aromatic nitrogens is 4. The van der Waals surface area contributed by atoms with Gasteiger partial charge in [0.05, 0.1) is 11.4 Å². The highest BCUT2D eigenvalue weighted by molar-refractivity contribution is 7.26. The van der Waals surface area contributed by atoms with Crippen LogP contribution in [0, 0.1) is 0 Å². The Morgan fingerprint density at radius 3 is 1.40 bits per heavy atom. The lowest BCUT2D eigenvalue weighted by atomic mass is 9.92. The normalized spacial score (nSPS) is 11.6. The fourth-order valence-electron chi connectivity index (χ4n) is 6.92. The van der Waals surface area contributed by atoms with Crippen molar-refractivity contribution in [1.29, 1.82) is 0 Å². The van der Waals surface area contributed by atoms with E-state index >= 15 is 0 Å². The van der Waals surface area contributed by atoms with Crippen LogP contribution in [0.25, 0.3) is 97.0 Å². The van der Waals surface area contributed by atoms with Crippen LogP contribution in [0.2, 0.25) is 0 Å². The summed E-state index contributed by atoms with van der Waals surface area (Å²) >= 11 is 3.43. The molecule has 10 rings (SSSR count). The van der Waals surface area contributed by atoms with Crippen LogP contribution in [0.4, 0.5) is 0 Å². The second-order valence-electron chi connectivity index (χ2n) is 12.2. The molecule has 0 spiro atoms. The van der Waals surface area contributed by atoms with Crippen molar-refractivity contribution in [3.63, 3.8) is 0 Å². The Labute approximate surface area is 296 Å². The van der Waals surface area contributed by atoms with Gasteiger partial charge < -0.3 is 0 Å². The van der Waals surface area contributed by atoms with E-state index in [1.165, 1.54) is 14.8 Å². The zero-order valence-corrected chi connectivity index (χ0v) is 28.2. The van der Waals surface area contributed by atoms with Gasteiger partial charge in [0.15, 0.2) is 11.6 Å². The number of nitrogens with zero attached hydrogens (tertiary/aromatic N) is 4. The summed E-state index contributed by atoms with van der Waals surface area (Å²) < 4.78 is 2.40. The minimum atomic E-state index is 0.701. The first-order chi connectivity index (χ1) is 24.8. The summed E-state index contributed by atoms with van der Waals surface area (Å²) in [7, 11) is 0. The molecule has 0 aliphatic heterocycles. The van der Waals surface area contributed by atoms with Crippen molar-refractivity contribution in [3.8, 4) is 56.4 Å². The smallest absolute Gasteiger partial charge is 0.162 e. The average molecular weight is 675 g/mol. The fourth-order valence-corrected chi connectivity index (χ4v) is 9.07. The second-order valence-corrected chi connectivity index (χ2v) is 14.2. The highest BCUT2D eigenvalue weighted by atomic mass is 32.1. The van der Waals surface area contributed by atoms with Gasteiger partial charge in [-0.1, -0.05) is 146 Å². The van der Waals surface area contributed by atoms with E-state index in [4.69, 9.17) is 19.9 Å². The molecule has 0 unspecified atom stereocenters. The first kappa shape index (κ1) is 28.9. The first-order valence-corrected chi connectivity index (χ1v) is 18.1. The zero-order valence-electron chi connectivity index (χ0n) is 26.6. The third-order valence-electron chi connectivity index (χ3n) is 9.20. The molecule has 0 N–H and O–H groups in total. The van der Waals surface area contributed by atoms with Crippen LogP contribution in [0.15, 0.2) is 158 Å². The maximum Gasteiger partial charge on any atom is 0.162 e. The molecule has 0 saturated carbocycles. The summed E-state index contributed by atoms with van der Waals surface area (Å²) in [5.74, 6) is 1.42. The molecule has 0 bridgehead atoms. The van der Waals surface area contributed by atoms with Gasteiger partial charge in [-0.05, 0) is 23.3 Å². The number of hydrogen-bond acceptors (Lipinski definition) is 6. The largest absolute Gasteiger partial charge is 0.227 e. The maximum atomic E-state index is 5.36. The van der Waals surface area contributed by atoms with Gasteiger partial charge in [0, 0.05) is 53.2 Å². The summed E-state index contributed by atoms with van der Waals surface area (Å²) in [6.45, 7) is 0. The molecule has 0 saturated heterocycles. The van der Waals surface area contributed by atoms with E-state index in [0.29, 0.717) is 11.6 Å². The monoisotopic (exact) mass is 674 g/mol. The summed E-state index contributed by atoms with van der Waals surface area (Å²) in [4.78, 5) is 23.0. The van der Waals surface area contributed by atoms with E-state index in [0.717, 1.165) is 70.6 Å². The van der Waals surface area contributed by atoms with Crippen molar-refractivity contribution < 1.29 is 0 Å². The molecule has 6 heteroatoms. The lowest BCUT2D eigenvalue weighted by Crippen LogP contribution is -1.98. The van der Waals surface area contributed by atoms with Crippen LogP contribution in [0.5, 0.6) is 0 Å². The number of fused-ring (bicyclic) bond motifs is 6. The average Bonchev–Trinajstić information content (AvgIpc) is 3.76. The lowest BCUT2D eigenvalue weighted by molar-refractivity contribution is 1.24. The van der Waals surface area contributed by atoms with E-state index in [2.05, 4.69) is 133 Å². The SMILES string of the molecule is c1ccc(-c2nc(-c3ccccc3-c3ccccc3-c3nc(-c4ccccc4)c4c(n3)sc3ccccc34)c3c(n2)sc2ccccc23)cc1. The number of rotatable bonds is 5. The standard InChI is InChI=1S/C44H26N4S2/c1-3-15-27(16-4-1)39-37-33-23-11-13-25-35(33)49-43(37)48-42(45-39)32-22-10-8-20-30(32)29-19-7-9-21-31(29)40-38-34-24-12-14-26-36(34)50-44(38)47-41(46-40)28-17-5-2-6-18-28/h1-26H. The van der Waals surface area contributed by atoms with Crippen LogP contribution in [-0.4, -0.2) is 19.9 Å². The quantitative estimate of drug-likeness (QED) is 0.182. The molecule has 50 heavy (non-hydrogen) atoms. The van der Waals surface area contributed by atoms with Crippen molar-refractivity contribution in [1.82, 2.24) is 19.9 Å². The van der Waals surface area contributed by atoms with Crippen molar-refractivity contribution in [3.05, 3.63) is 158 Å². The van der Waals surface area contributed by atoms with Crippen LogP contribution in [0.3, 0.4) is 0 Å². The van der Waals surface area contributed by atoms with Gasteiger partial charge in [0.2, 0.25) is 0 Å². The van der Waals surface area contributed by atoms with Gasteiger partial charge >= 0.3 is 0 Å². The Hall–Kier alpha value is -6.08. The number of benzene rings is 6. The number of hydrogen-bond donors (Lipinski definition) is 0. The molecular formula is C44H26N4S2. The third-order valence-corrected chi connectivity index (χ3v) is 11.3. The van der Waals surface area contributed by atoms with Crippen LogP contribution in [0.1, 0.15) is 0 Å². The van der Waals surface area contributed by atoms with Gasteiger partial charge in [-0.3, -0.25) is 0 Å². The van der Waals surface area contributed by atoms with Gasteiger partial charge in [-0.25, -0.2) is 19.9 Å². The molecule has 6 aromatic carbocycles. The van der Waals surface area contributed by atoms with Gasteiger partial charge in [0.25, 0.3) is 0 Å². The first-order valence-electron chi connectivity index (χ1n) is 16.5. The van der Waals surface area contributed by atoms with Crippen LogP contribution >= 0.6 is 22.7 Å². The van der Waals surface area contributed by atoms with E-state index < -0.39 is 0 Å². The Balaban J connectivity index is 1.24. The Morgan fingerprint density at radius 2 is 0.760 bits per heavy atom. The molecule has 0 atom stereocenters. The fraction of sp³-hybridized carbons (Fsp3) is 0. The van der Waals surface area contributed by atoms with Crippen LogP contribution in [-0.2, 0) is 0 Å². The van der Waals surface area contributed by atoms with Crippen molar-refractivity contribution in [2.75, 3.05) is 0 Å². The summed E-state index contributed by atoms with van der Waals surface area (Å²) in [6, 6.07) is 54.8. The molecule has 4 aromatic heterocycles. The van der Waals surface area contributed by atoms with Crippen molar-refractivity contribution in [2.24, 2.45) is 0 Å². The second kappa shape index (κ2) is 11.8. The van der Waals surface area contributed by atoms with Gasteiger partial charge in [-0.15, -0.1) is 22.7 Å². The van der Waals surface area contributed by atoms with Gasteiger partial charge in [0.1, 0.15) is 9.66 Å². The summed E-state index contributed by atoms with van der Waals surface area (Å²) in [5, 5.41) is 4.52. The lowest BCUT2D eigenvalue weighted by Gasteiger charge is -2.15. The van der Waals surface area contributed by atoms with Crippen molar-refractivity contribution in [2.45, 2.75) is 0 Å². The third kappa shape index (κ3) is 4.72. The highest BCUT2D eigenvalue weighted by Crippen LogP contribution is 2.45. The molecular weight excluding hydrogens is 649 g/mol. The Bertz CT molecular complexity index is 2880. The summed E-state index contributed by atoms with van der Waals surface area (Å²) in [6.07, 6.45) is 0. The van der Waals surface area contributed by atoms with E-state index in [1.54, 1.807) is 22.7 Å². The van der Waals surface area contributed by atoms with Gasteiger partial charge in [-0.2, -0.15) is 0 Å². The van der Waals surface area contributed by atoms with E-state index in [-0.39, 0.29) is 0 Å². The topological polar surface area (TPSA) is 51.6 Å². The van der Waals surface area contributed by atoms with E-state index in [9.17, 15) is 0 Å². The minimum Gasteiger partial charge on any atom is -0.227 e. The number of thiophene rings is 2. The maximum absolute atomic E-state index is 5.36. The molecule has 234 valence electrons. The zero-order chi connectivity index (χ0) is 33.0. The molecule has 10 aromatic rings. The highest BCUT2D eigenvalue weighted by Gasteiger charge is 2.22. The molecule has 0 aliphatic rings. The predicted octanol–water partition coefficient (Wildman–Crippen LogP) is 12.3. The summed E-state index contributed by atoms with van der Waals surface area (Å²) in [5.41, 5.74) is 8.06. The Morgan fingerprint density at radius 1 is 0.320 bits per heavy atom. The molecule has 0 radical (unpaired) electrons. The van der Waals surface area contributed by atoms with Crippen LogP contribution < -0.4 is 0 Å². The molecule has 0 amide bonds. The van der Waals surface area contributed by atoms with E-state index in [1.807, 2.05) is 24.3 Å². The molecule has 0 aliphatic carbocycles.